The van der Waals surface area contributed by atoms with E-state index in [0.29, 0.717) is 5.69 Å². The van der Waals surface area contributed by atoms with Gasteiger partial charge in [0.2, 0.25) is 0 Å². The van der Waals surface area contributed by atoms with Crippen LogP contribution in [0.5, 0.6) is 0 Å². The number of hydrogen-bond donors (Lipinski definition) is 3. The number of nitrogen functional groups attached to an aromatic ring is 1. The number of rotatable bonds is 3. The zero-order chi connectivity index (χ0) is 17.4. The Balaban J connectivity index is 2.00. The lowest BCUT2D eigenvalue weighted by atomic mass is 9.85. The summed E-state index contributed by atoms with van der Waals surface area (Å²) in [6.07, 6.45) is 5.61. The van der Waals surface area contributed by atoms with Gasteiger partial charge in [0.25, 0.3) is 0 Å². The molecule has 0 amide bonds. The lowest BCUT2D eigenvalue weighted by molar-refractivity contribution is 0.664. The van der Waals surface area contributed by atoms with E-state index in [1.54, 1.807) is 0 Å². The molecule has 4 rings (SSSR count). The maximum absolute atomic E-state index is 9.18. The first-order chi connectivity index (χ1) is 12.2. The average Bonchev–Trinajstić information content (AvgIpc) is 2.67. The smallest absolute Gasteiger partial charge is 0.0744 e. The number of aryl methyl sites for hydroxylation is 1. The maximum atomic E-state index is 9.18. The fourth-order valence-electron chi connectivity index (χ4n) is 3.70. The van der Waals surface area contributed by atoms with Gasteiger partial charge in [-0.15, -0.1) is 0 Å². The lowest BCUT2D eigenvalue weighted by Gasteiger charge is -2.22. The Bertz CT molecular complexity index is 967. The van der Waals surface area contributed by atoms with Crippen LogP contribution in [0.1, 0.15) is 29.5 Å². The Kier molecular flexibility index (Phi) is 4.19. The number of hydrogen-bond acceptors (Lipinski definition) is 5. The van der Waals surface area contributed by atoms with Crippen molar-refractivity contribution < 1.29 is 4.55 Å². The fourth-order valence-corrected chi connectivity index (χ4v) is 3.96. The third-order valence-corrected chi connectivity index (χ3v) is 5.42. The molecule has 0 spiro atoms. The molecule has 0 unspecified atom stereocenters. The van der Waals surface area contributed by atoms with Gasteiger partial charge in [0.05, 0.1) is 16.9 Å². The highest BCUT2D eigenvalue weighted by molar-refractivity contribution is 7.93. The number of fused-ring (bicyclic) bond motifs is 3. The van der Waals surface area contributed by atoms with Gasteiger partial charge in [-0.25, -0.2) is 4.98 Å². The molecular formula is C20H19N3OS. The molecule has 126 valence electrons. The molecule has 0 fully saturated rings. The van der Waals surface area contributed by atoms with Crippen molar-refractivity contribution in [3.63, 3.8) is 0 Å². The first-order valence-electron chi connectivity index (χ1n) is 8.39. The monoisotopic (exact) mass is 349 g/mol. The molecule has 0 bridgehead atoms. The summed E-state index contributed by atoms with van der Waals surface area (Å²) in [4.78, 5) is 5.74. The first-order valence-corrected chi connectivity index (χ1v) is 9.16. The van der Waals surface area contributed by atoms with Crippen molar-refractivity contribution in [2.75, 3.05) is 5.73 Å². The number of benzene rings is 2. The molecule has 4 nitrogen and oxygen atoms in total. The predicted molar refractivity (Wildman–Crippen MR) is 105 cm³/mol. The van der Waals surface area contributed by atoms with Crippen LogP contribution in [-0.2, 0) is 12.8 Å². The third kappa shape index (κ3) is 2.69. The Morgan fingerprint density at radius 3 is 2.44 bits per heavy atom. The fraction of sp³-hybridized carbons (Fsp3) is 0.200. The number of nitrogens with one attached hydrogen (secondary N) is 1. The van der Waals surface area contributed by atoms with E-state index >= 15 is 0 Å². The molecule has 1 aliphatic rings. The van der Waals surface area contributed by atoms with E-state index in [4.69, 9.17) is 16.1 Å². The molecule has 25 heavy (non-hydrogen) atoms. The summed E-state index contributed by atoms with van der Waals surface area (Å²) in [5.41, 5.74) is 13.3. The summed E-state index contributed by atoms with van der Waals surface area (Å²) < 4.78 is 9.18. The maximum Gasteiger partial charge on any atom is 0.0744 e. The summed E-state index contributed by atoms with van der Waals surface area (Å²) >= 11 is 0.752. The minimum Gasteiger partial charge on any atom is -0.398 e. The van der Waals surface area contributed by atoms with E-state index in [1.165, 1.54) is 17.3 Å². The molecule has 5 heteroatoms. The van der Waals surface area contributed by atoms with Crippen LogP contribution in [0.25, 0.3) is 22.2 Å². The minimum atomic E-state index is 0.664. The van der Waals surface area contributed by atoms with Crippen LogP contribution in [0, 0.1) is 5.41 Å². The molecular weight excluding hydrogens is 330 g/mol. The second kappa shape index (κ2) is 6.50. The third-order valence-electron chi connectivity index (χ3n) is 4.93. The van der Waals surface area contributed by atoms with Gasteiger partial charge in [-0.2, -0.15) is 0 Å². The van der Waals surface area contributed by atoms with Crippen LogP contribution in [0.3, 0.4) is 0 Å². The van der Waals surface area contributed by atoms with E-state index in [1.807, 2.05) is 36.4 Å². The highest BCUT2D eigenvalue weighted by atomic mass is 32.2. The zero-order valence-corrected chi connectivity index (χ0v) is 14.6. The van der Waals surface area contributed by atoms with Crippen molar-refractivity contribution in [1.29, 1.82) is 5.41 Å². The van der Waals surface area contributed by atoms with Gasteiger partial charge in [-0.3, -0.25) is 0 Å². The summed E-state index contributed by atoms with van der Waals surface area (Å²) in [5.74, 6) is 0. The van der Waals surface area contributed by atoms with Gasteiger partial charge in [0.15, 0.2) is 0 Å². The molecule has 1 heterocycles. The van der Waals surface area contributed by atoms with Crippen LogP contribution in [0.15, 0.2) is 41.3 Å². The molecule has 1 aromatic heterocycles. The van der Waals surface area contributed by atoms with Gasteiger partial charge < -0.3 is 15.7 Å². The standard InChI is InChI=1S/C20H19N3OS/c21-11-13-7-10-17-18(19(13)22)15-3-1-2-4-16(15)20(23-17)12-5-8-14(25-24)9-6-12/h5-11,21,24H,1-4,22H2. The van der Waals surface area contributed by atoms with Crippen molar-refractivity contribution in [3.8, 4) is 11.3 Å². The Hall–Kier alpha value is -2.37. The highest BCUT2D eigenvalue weighted by Crippen LogP contribution is 2.38. The molecule has 2 aromatic carbocycles. The van der Waals surface area contributed by atoms with E-state index in [2.05, 4.69) is 0 Å². The second-order valence-corrected chi connectivity index (χ2v) is 7.00. The molecule has 0 radical (unpaired) electrons. The number of pyridine rings is 1. The number of nitrogens with zero attached hydrogens (tertiary/aromatic N) is 1. The average molecular weight is 349 g/mol. The summed E-state index contributed by atoms with van der Waals surface area (Å²) in [6.45, 7) is 0. The Morgan fingerprint density at radius 2 is 1.76 bits per heavy atom. The normalized spacial score (nSPS) is 13.6. The van der Waals surface area contributed by atoms with Crippen molar-refractivity contribution >= 4 is 34.8 Å². The number of nitrogens with two attached hydrogens (primary N) is 1. The predicted octanol–water partition coefficient (Wildman–Crippen LogP) is 4.93. The zero-order valence-electron chi connectivity index (χ0n) is 13.7. The molecule has 1 aliphatic carbocycles. The van der Waals surface area contributed by atoms with Gasteiger partial charge in [-0.05, 0) is 61.1 Å². The number of anilines is 1. The van der Waals surface area contributed by atoms with Crippen molar-refractivity contribution in [1.82, 2.24) is 4.98 Å². The number of aromatic nitrogens is 1. The van der Waals surface area contributed by atoms with Gasteiger partial charge in [-0.1, -0.05) is 12.1 Å². The van der Waals surface area contributed by atoms with Crippen molar-refractivity contribution in [3.05, 3.63) is 53.1 Å². The largest absolute Gasteiger partial charge is 0.398 e. The van der Waals surface area contributed by atoms with E-state index < -0.39 is 0 Å². The SMILES string of the molecule is N=Cc1ccc2nc(-c3ccc(SO)cc3)c3c(c2c1N)CCCC3. The Morgan fingerprint density at radius 1 is 1.04 bits per heavy atom. The quantitative estimate of drug-likeness (QED) is 0.356. The summed E-state index contributed by atoms with van der Waals surface area (Å²) in [7, 11) is 0. The van der Waals surface area contributed by atoms with E-state index in [0.717, 1.165) is 70.3 Å². The minimum absolute atomic E-state index is 0.664. The van der Waals surface area contributed by atoms with Crippen LogP contribution in [0.4, 0.5) is 5.69 Å². The second-order valence-electron chi connectivity index (χ2n) is 6.35. The van der Waals surface area contributed by atoms with Gasteiger partial charge >= 0.3 is 0 Å². The van der Waals surface area contributed by atoms with Gasteiger partial charge in [0.1, 0.15) is 0 Å². The summed E-state index contributed by atoms with van der Waals surface area (Å²) in [6, 6.07) is 11.7. The lowest BCUT2D eigenvalue weighted by Crippen LogP contribution is -2.09. The summed E-state index contributed by atoms with van der Waals surface area (Å²) in [5, 5.41) is 8.58. The van der Waals surface area contributed by atoms with Crippen molar-refractivity contribution in [2.24, 2.45) is 0 Å². The topological polar surface area (TPSA) is 83.0 Å². The molecule has 3 aromatic rings. The van der Waals surface area contributed by atoms with Crippen LogP contribution in [0.2, 0.25) is 0 Å². The molecule has 0 saturated carbocycles. The first kappa shape index (κ1) is 16.1. The molecule has 0 atom stereocenters. The van der Waals surface area contributed by atoms with Crippen LogP contribution in [-0.4, -0.2) is 15.8 Å². The van der Waals surface area contributed by atoms with Crippen molar-refractivity contribution in [2.45, 2.75) is 30.6 Å². The molecule has 0 aliphatic heterocycles. The van der Waals surface area contributed by atoms with Crippen LogP contribution >= 0.6 is 12.0 Å². The Labute approximate surface area is 150 Å². The highest BCUT2D eigenvalue weighted by Gasteiger charge is 2.21. The van der Waals surface area contributed by atoms with Crippen LogP contribution < -0.4 is 5.73 Å². The molecule has 4 N–H and O–H groups in total. The van der Waals surface area contributed by atoms with Gasteiger partial charge in [0, 0.05) is 39.7 Å². The molecule has 0 saturated heterocycles. The van der Waals surface area contributed by atoms with E-state index in [9.17, 15) is 4.55 Å². The van der Waals surface area contributed by atoms with E-state index in [-0.39, 0.29) is 0 Å².